The second kappa shape index (κ2) is 13.2. The van der Waals surface area contributed by atoms with E-state index < -0.39 is 20.2 Å². The highest BCUT2D eigenvalue weighted by Crippen LogP contribution is 2.04. The minimum Gasteiger partial charge on any atom is -0.384 e. The van der Waals surface area contributed by atoms with Crippen molar-refractivity contribution in [2.24, 2.45) is 11.5 Å². The van der Waals surface area contributed by atoms with Gasteiger partial charge >= 0.3 is 0 Å². The first kappa shape index (κ1) is 28.5. The summed E-state index contributed by atoms with van der Waals surface area (Å²) in [6.07, 6.45) is 0. The maximum atomic E-state index is 10.4. The molecule has 0 atom stereocenters. The van der Waals surface area contributed by atoms with Crippen LogP contribution in [0.4, 0.5) is 0 Å². The zero-order valence-corrected chi connectivity index (χ0v) is 19.6. The van der Waals surface area contributed by atoms with E-state index in [4.69, 9.17) is 31.4 Å². The van der Waals surface area contributed by atoms with Gasteiger partial charge in [0.15, 0.2) is 0 Å². The fourth-order valence-electron chi connectivity index (χ4n) is 2.40. The molecule has 0 fully saturated rings. The van der Waals surface area contributed by atoms with E-state index in [1.54, 1.807) is 84.9 Å². The second-order valence-electron chi connectivity index (χ2n) is 6.83. The number of hydrogen-bond acceptors (Lipinski definition) is 6. The molecule has 0 heterocycles. The van der Waals surface area contributed by atoms with Crippen molar-refractivity contribution in [1.82, 2.24) is 0 Å². The number of rotatable bonds is 6. The number of nitrogens with one attached hydrogen (secondary N) is 2. The SMILES string of the molecule is N=C(N)c1ccc(C(=N)N)cc1.O=S(=O)(O)Cc1ccccc1.O=S(=O)(O)Cc1ccccc1. The van der Waals surface area contributed by atoms with Crippen LogP contribution in [0.15, 0.2) is 84.9 Å². The topological polar surface area (TPSA) is 208 Å². The summed E-state index contributed by atoms with van der Waals surface area (Å²) in [7, 11) is -7.75. The molecule has 0 aromatic heterocycles. The van der Waals surface area contributed by atoms with Gasteiger partial charge in [0.1, 0.15) is 23.2 Å². The van der Waals surface area contributed by atoms with Gasteiger partial charge in [0, 0.05) is 11.1 Å². The predicted molar refractivity (Wildman–Crippen MR) is 132 cm³/mol. The van der Waals surface area contributed by atoms with Crippen LogP contribution in [0.1, 0.15) is 22.3 Å². The molecule has 0 unspecified atom stereocenters. The predicted octanol–water partition coefficient (Wildman–Crippen LogP) is 2.40. The Morgan fingerprint density at radius 2 is 0.853 bits per heavy atom. The van der Waals surface area contributed by atoms with Gasteiger partial charge in [0.25, 0.3) is 20.2 Å². The first-order valence-corrected chi connectivity index (χ1v) is 12.8. The van der Waals surface area contributed by atoms with Crippen LogP contribution in [0.5, 0.6) is 0 Å². The van der Waals surface area contributed by atoms with Crippen LogP contribution < -0.4 is 11.5 Å². The second-order valence-corrected chi connectivity index (χ2v) is 9.73. The summed E-state index contributed by atoms with van der Waals surface area (Å²) in [6, 6.07) is 23.7. The van der Waals surface area contributed by atoms with Crippen LogP contribution in [0.25, 0.3) is 0 Å². The summed E-state index contributed by atoms with van der Waals surface area (Å²) >= 11 is 0. The van der Waals surface area contributed by atoms with E-state index in [2.05, 4.69) is 0 Å². The quantitative estimate of drug-likeness (QED) is 0.166. The number of hydrogen-bond donors (Lipinski definition) is 6. The van der Waals surface area contributed by atoms with Crippen molar-refractivity contribution in [1.29, 1.82) is 10.8 Å². The lowest BCUT2D eigenvalue weighted by molar-refractivity contribution is 0.479. The summed E-state index contributed by atoms with van der Waals surface area (Å²) in [5.74, 6) is -0.586. The molecule has 10 nitrogen and oxygen atoms in total. The summed E-state index contributed by atoms with van der Waals surface area (Å²) in [4.78, 5) is 0. The Kier molecular flexibility index (Phi) is 11.1. The summed E-state index contributed by atoms with van der Waals surface area (Å²) in [6.45, 7) is 0. The van der Waals surface area contributed by atoms with Crippen molar-refractivity contribution >= 4 is 31.9 Å². The standard InChI is InChI=1S/C8H10N4.2C7H8O3S/c9-7(10)5-1-2-6(4-3-5)8(11)12;2*8-11(9,10)6-7-4-2-1-3-5-7/h1-4H,(H3,9,10)(H3,11,12);2*1-5H,6H2,(H,8,9,10). The van der Waals surface area contributed by atoms with Crippen LogP contribution >= 0.6 is 0 Å². The molecule has 0 saturated carbocycles. The maximum absolute atomic E-state index is 10.4. The average Bonchev–Trinajstić information content (AvgIpc) is 2.74. The van der Waals surface area contributed by atoms with Crippen LogP contribution in [-0.4, -0.2) is 37.6 Å². The van der Waals surface area contributed by atoms with Crippen molar-refractivity contribution in [2.45, 2.75) is 11.5 Å². The van der Waals surface area contributed by atoms with Crippen molar-refractivity contribution in [3.05, 3.63) is 107 Å². The highest BCUT2D eigenvalue weighted by Gasteiger charge is 2.05. The third-order valence-corrected chi connectivity index (χ3v) is 5.29. The molecule has 182 valence electrons. The van der Waals surface area contributed by atoms with Gasteiger partial charge in [-0.05, 0) is 11.1 Å². The minimum absolute atomic E-state index is 0.0186. The zero-order chi connectivity index (χ0) is 25.8. The molecule has 0 aliphatic heterocycles. The molecule has 0 aliphatic rings. The smallest absolute Gasteiger partial charge is 0.269 e. The average molecular weight is 507 g/mol. The lowest BCUT2D eigenvalue weighted by atomic mass is 10.1. The number of nitrogen functional groups attached to an aromatic ring is 2. The van der Waals surface area contributed by atoms with E-state index in [0.717, 1.165) is 0 Å². The van der Waals surface area contributed by atoms with Gasteiger partial charge in [0.2, 0.25) is 0 Å². The largest absolute Gasteiger partial charge is 0.384 e. The van der Waals surface area contributed by atoms with E-state index in [1.807, 2.05) is 0 Å². The normalized spacial score (nSPS) is 10.6. The van der Waals surface area contributed by atoms with Crippen LogP contribution in [0.2, 0.25) is 0 Å². The third kappa shape index (κ3) is 13.1. The first-order chi connectivity index (χ1) is 15.8. The highest BCUT2D eigenvalue weighted by atomic mass is 32.2. The van der Waals surface area contributed by atoms with E-state index in [9.17, 15) is 16.8 Å². The van der Waals surface area contributed by atoms with Crippen molar-refractivity contribution < 1.29 is 25.9 Å². The van der Waals surface area contributed by atoms with Crippen molar-refractivity contribution in [3.63, 3.8) is 0 Å². The zero-order valence-electron chi connectivity index (χ0n) is 18.0. The Balaban J connectivity index is 0.000000255. The summed E-state index contributed by atoms with van der Waals surface area (Å²) in [5.41, 5.74) is 12.9. The molecule has 34 heavy (non-hydrogen) atoms. The van der Waals surface area contributed by atoms with Gasteiger partial charge in [-0.1, -0.05) is 84.9 Å². The van der Waals surface area contributed by atoms with E-state index >= 15 is 0 Å². The van der Waals surface area contributed by atoms with Gasteiger partial charge in [-0.2, -0.15) is 16.8 Å². The van der Waals surface area contributed by atoms with Crippen LogP contribution in [0, 0.1) is 10.8 Å². The fourth-order valence-corrected chi connectivity index (χ4v) is 3.63. The molecule has 0 amide bonds. The van der Waals surface area contributed by atoms with E-state index in [-0.39, 0.29) is 23.2 Å². The Morgan fingerprint density at radius 3 is 1.06 bits per heavy atom. The molecule has 12 heteroatoms. The van der Waals surface area contributed by atoms with E-state index in [1.165, 1.54) is 0 Å². The van der Waals surface area contributed by atoms with Crippen molar-refractivity contribution in [3.8, 4) is 0 Å². The van der Waals surface area contributed by atoms with E-state index in [0.29, 0.717) is 22.3 Å². The molecular weight excluding hydrogens is 480 g/mol. The van der Waals surface area contributed by atoms with Gasteiger partial charge in [0.05, 0.1) is 0 Å². The van der Waals surface area contributed by atoms with Gasteiger partial charge < -0.3 is 11.5 Å². The van der Waals surface area contributed by atoms with Gasteiger partial charge in [-0.25, -0.2) is 0 Å². The lowest BCUT2D eigenvalue weighted by Crippen LogP contribution is -2.13. The third-order valence-electron chi connectivity index (χ3n) is 3.89. The molecule has 0 radical (unpaired) electrons. The minimum atomic E-state index is -3.88. The van der Waals surface area contributed by atoms with Crippen LogP contribution in [-0.2, 0) is 31.7 Å². The van der Waals surface area contributed by atoms with Gasteiger partial charge in [-0.15, -0.1) is 0 Å². The Bertz CT molecular complexity index is 1180. The lowest BCUT2D eigenvalue weighted by Gasteiger charge is -1.99. The number of benzene rings is 3. The molecule has 0 bridgehead atoms. The van der Waals surface area contributed by atoms with Gasteiger partial charge in [-0.3, -0.25) is 19.9 Å². The van der Waals surface area contributed by atoms with Crippen LogP contribution in [0.3, 0.4) is 0 Å². The molecule has 0 saturated heterocycles. The Morgan fingerprint density at radius 1 is 0.588 bits per heavy atom. The summed E-state index contributed by atoms with van der Waals surface area (Å²) < 4.78 is 58.3. The Labute approximate surface area is 198 Å². The monoisotopic (exact) mass is 506 g/mol. The maximum Gasteiger partial charge on any atom is 0.269 e. The fraction of sp³-hybridized carbons (Fsp3) is 0.0909. The van der Waals surface area contributed by atoms with Crippen molar-refractivity contribution in [2.75, 3.05) is 0 Å². The molecule has 0 aliphatic carbocycles. The molecule has 3 aromatic carbocycles. The molecule has 8 N–H and O–H groups in total. The highest BCUT2D eigenvalue weighted by molar-refractivity contribution is 7.85. The number of amidine groups is 2. The Hall–Kier alpha value is -3.58. The molecule has 0 spiro atoms. The molecular formula is C22H26N4O6S2. The number of nitrogens with two attached hydrogens (primary N) is 2. The molecule has 3 rings (SSSR count). The summed E-state index contributed by atoms with van der Waals surface area (Å²) in [5, 5.41) is 14.2. The molecule has 3 aromatic rings. The first-order valence-electron chi connectivity index (χ1n) is 9.54.